The monoisotopic (exact) mass is 1020 g/mol. The Labute approximate surface area is 438 Å². The molecule has 0 spiro atoms. The molecule has 392 valence electrons. The average Bonchev–Trinajstić information content (AvgIpc) is 3.43. The summed E-state index contributed by atoms with van der Waals surface area (Å²) in [5.74, 6) is 7.42. The minimum atomic E-state index is 0.245. The standard InChI is InChI=1S/C59H64N4O12/c1-64-46-24-38-18-40-26-52(70-7)42(28-50(40)68-5)20-44-30-55-45(31-54(44)74-58-34-60-32-56(62-58)72-15-13-11-9-10-12-14-16-73-57-33-61-35-59(63-57)75-55)21-43-29-51(69-6)41(27-53(43)71-8)19-39-25-47(65-2)37(23-49(39)67-4)17-36(46)22-48(38)66-3/h22-35H,9-21H2,1-8H3. The smallest absolute Gasteiger partial charge is 0.241 e. The van der Waals surface area contributed by atoms with Gasteiger partial charge in [0.2, 0.25) is 23.5 Å². The molecule has 0 radical (unpaired) electrons. The van der Waals surface area contributed by atoms with Crippen LogP contribution in [0.15, 0.2) is 85.5 Å². The van der Waals surface area contributed by atoms with Crippen LogP contribution in [0.1, 0.15) is 94.2 Å². The molecular formula is C59H64N4O12. The molecule has 16 bridgehead atoms. The minimum absolute atomic E-state index is 0.245. The molecule has 0 saturated carbocycles. The van der Waals surface area contributed by atoms with E-state index in [-0.39, 0.29) is 11.8 Å². The second-order valence-corrected chi connectivity index (χ2v) is 18.3. The van der Waals surface area contributed by atoms with Crippen molar-refractivity contribution in [1.82, 2.24) is 19.9 Å². The van der Waals surface area contributed by atoms with Gasteiger partial charge in [-0.25, -0.2) is 0 Å². The molecule has 75 heavy (non-hydrogen) atoms. The Morgan fingerprint density at radius 2 is 0.533 bits per heavy atom. The fraction of sp³-hybridized carbons (Fsp3) is 0.356. The Kier molecular flexibility index (Phi) is 16.7. The third-order valence-corrected chi connectivity index (χ3v) is 13.5. The number of hydrogen-bond acceptors (Lipinski definition) is 16. The van der Waals surface area contributed by atoms with E-state index in [0.29, 0.717) is 115 Å². The highest BCUT2D eigenvalue weighted by Gasteiger charge is 2.25. The predicted molar refractivity (Wildman–Crippen MR) is 282 cm³/mol. The van der Waals surface area contributed by atoms with E-state index in [9.17, 15) is 0 Å². The zero-order chi connectivity index (χ0) is 52.3. The molecule has 0 saturated heterocycles. The first-order valence-corrected chi connectivity index (χ1v) is 25.1. The molecule has 0 amide bonds. The molecule has 7 aromatic rings. The van der Waals surface area contributed by atoms with E-state index < -0.39 is 0 Å². The van der Waals surface area contributed by atoms with E-state index in [1.165, 1.54) is 0 Å². The van der Waals surface area contributed by atoms with Crippen LogP contribution < -0.4 is 56.8 Å². The van der Waals surface area contributed by atoms with Crippen LogP contribution in [0.5, 0.6) is 81.0 Å². The van der Waals surface area contributed by atoms with Crippen LogP contribution in [0.3, 0.4) is 0 Å². The Bertz CT molecular complexity index is 2920. The van der Waals surface area contributed by atoms with Gasteiger partial charge < -0.3 is 56.8 Å². The molecule has 0 fully saturated rings. The largest absolute Gasteiger partial charge is 0.496 e. The summed E-state index contributed by atoms with van der Waals surface area (Å²) in [4.78, 5) is 18.5. The number of rotatable bonds is 8. The zero-order valence-corrected chi connectivity index (χ0v) is 44.0. The molecule has 2 aromatic heterocycles. The van der Waals surface area contributed by atoms with Crippen LogP contribution in [0.25, 0.3) is 0 Å². The van der Waals surface area contributed by atoms with Crippen LogP contribution in [-0.4, -0.2) is 90.0 Å². The van der Waals surface area contributed by atoms with Crippen LogP contribution in [0.2, 0.25) is 0 Å². The van der Waals surface area contributed by atoms with Crippen LogP contribution >= 0.6 is 0 Å². The lowest BCUT2D eigenvalue weighted by Gasteiger charge is -2.21. The second kappa shape index (κ2) is 24.3. The van der Waals surface area contributed by atoms with Crippen LogP contribution in [0.4, 0.5) is 0 Å². The molecule has 11 aliphatic rings. The van der Waals surface area contributed by atoms with Crippen LogP contribution in [-0.2, 0) is 32.1 Å². The number of methoxy groups -OCH3 is 8. The van der Waals surface area contributed by atoms with Crippen molar-refractivity contribution in [3.8, 4) is 81.0 Å². The van der Waals surface area contributed by atoms with Gasteiger partial charge in [-0.15, -0.1) is 0 Å². The quantitative estimate of drug-likeness (QED) is 0.141. The topological polar surface area (TPSA) is 162 Å². The Hall–Kier alpha value is -8.14. The molecule has 9 aliphatic carbocycles. The highest BCUT2D eigenvalue weighted by atomic mass is 16.5. The van der Waals surface area contributed by atoms with E-state index in [1.807, 2.05) is 60.7 Å². The number of benzene rings is 5. The Morgan fingerprint density at radius 3 is 0.800 bits per heavy atom. The van der Waals surface area contributed by atoms with Gasteiger partial charge in [-0.3, -0.25) is 9.97 Å². The number of fused-ring (bicyclic) bond motifs is 9. The summed E-state index contributed by atoms with van der Waals surface area (Å²) in [6, 6.07) is 19.9. The van der Waals surface area contributed by atoms with E-state index >= 15 is 0 Å². The van der Waals surface area contributed by atoms with Gasteiger partial charge >= 0.3 is 0 Å². The van der Waals surface area contributed by atoms with E-state index in [1.54, 1.807) is 81.7 Å². The summed E-state index contributed by atoms with van der Waals surface area (Å²) < 4.78 is 74.8. The van der Waals surface area contributed by atoms with Crippen molar-refractivity contribution in [2.24, 2.45) is 0 Å². The van der Waals surface area contributed by atoms with Crippen molar-refractivity contribution in [2.75, 3.05) is 70.1 Å². The highest BCUT2D eigenvalue weighted by molar-refractivity contribution is 5.60. The number of ether oxygens (including phenoxy) is 12. The Balaban J connectivity index is 1.27. The Morgan fingerprint density at radius 1 is 0.293 bits per heavy atom. The van der Waals surface area contributed by atoms with Crippen molar-refractivity contribution in [1.29, 1.82) is 0 Å². The van der Waals surface area contributed by atoms with Gasteiger partial charge in [0, 0.05) is 87.7 Å². The lowest BCUT2D eigenvalue weighted by atomic mass is 9.94. The van der Waals surface area contributed by atoms with Gasteiger partial charge in [0.15, 0.2) is 0 Å². The lowest BCUT2D eigenvalue weighted by Crippen LogP contribution is -2.06. The van der Waals surface area contributed by atoms with Gasteiger partial charge in [-0.2, -0.15) is 9.97 Å². The van der Waals surface area contributed by atoms with Gasteiger partial charge in [-0.05, 0) is 73.5 Å². The summed E-state index contributed by atoms with van der Waals surface area (Å²) >= 11 is 0. The lowest BCUT2D eigenvalue weighted by molar-refractivity contribution is 0.281. The first-order chi connectivity index (χ1) is 36.7. The summed E-state index contributed by atoms with van der Waals surface area (Å²) in [5, 5.41) is 0. The predicted octanol–water partition coefficient (Wildman–Crippen LogP) is 11.3. The highest BCUT2D eigenvalue weighted by Crippen LogP contribution is 2.44. The molecule has 0 atom stereocenters. The number of hydrogen-bond donors (Lipinski definition) is 0. The SMILES string of the molecule is COc1cc2c(OC)cc1Cc1cc(OC)c(cc1OC)Cc1cc(OC)c(cc1OC)Cc1cc3c(cc1Oc1cncc(n1)OCCCCCCCCOc1cncc(n1)O3)Cc1cc(OC)c(cc1OC)C2. The summed E-state index contributed by atoms with van der Waals surface area (Å²) in [7, 11) is 13.3. The third-order valence-electron chi connectivity index (χ3n) is 13.5. The fourth-order valence-corrected chi connectivity index (χ4v) is 9.73. The van der Waals surface area contributed by atoms with Crippen molar-refractivity contribution in [3.05, 3.63) is 141 Å². The van der Waals surface area contributed by atoms with Gasteiger partial charge in [0.05, 0.1) is 94.9 Å². The molecule has 5 aromatic carbocycles. The van der Waals surface area contributed by atoms with Crippen molar-refractivity contribution < 1.29 is 56.8 Å². The molecule has 18 rings (SSSR count). The number of nitrogens with zero attached hydrogens (tertiary/aromatic N) is 4. The zero-order valence-electron chi connectivity index (χ0n) is 44.0. The van der Waals surface area contributed by atoms with E-state index in [2.05, 4.69) is 9.97 Å². The van der Waals surface area contributed by atoms with Crippen molar-refractivity contribution >= 4 is 0 Å². The number of aromatic nitrogens is 4. The van der Waals surface area contributed by atoms with E-state index in [0.717, 1.165) is 94.2 Å². The summed E-state index contributed by atoms with van der Waals surface area (Å²) in [5.41, 5.74) is 8.35. The first kappa shape index (κ1) is 51.7. The molecule has 2 aliphatic heterocycles. The van der Waals surface area contributed by atoms with Crippen molar-refractivity contribution in [3.63, 3.8) is 0 Å². The molecular weight excluding hydrogens is 957 g/mol. The maximum absolute atomic E-state index is 6.80. The van der Waals surface area contributed by atoms with Gasteiger partial charge in [-0.1, -0.05) is 25.7 Å². The third kappa shape index (κ3) is 12.1. The van der Waals surface area contributed by atoms with Gasteiger partial charge in [0.1, 0.15) is 57.5 Å². The first-order valence-electron chi connectivity index (χ1n) is 25.1. The minimum Gasteiger partial charge on any atom is -0.496 e. The van der Waals surface area contributed by atoms with E-state index in [4.69, 9.17) is 66.8 Å². The average molecular weight is 1020 g/mol. The van der Waals surface area contributed by atoms with Crippen molar-refractivity contribution in [2.45, 2.75) is 70.6 Å². The molecule has 16 nitrogen and oxygen atoms in total. The fourth-order valence-electron chi connectivity index (χ4n) is 9.73. The maximum atomic E-state index is 6.80. The van der Waals surface area contributed by atoms with Gasteiger partial charge in [0.25, 0.3) is 0 Å². The molecule has 0 N–H and O–H groups in total. The summed E-state index contributed by atoms with van der Waals surface area (Å²) in [6.45, 7) is 0.998. The van der Waals surface area contributed by atoms with Crippen LogP contribution in [0, 0.1) is 0 Å². The second-order valence-electron chi connectivity index (χ2n) is 18.3. The molecule has 0 unspecified atom stereocenters. The normalized spacial score (nSPS) is 13.9. The molecule has 4 heterocycles. The molecule has 16 heteroatoms. The summed E-state index contributed by atoms with van der Waals surface area (Å²) in [6.07, 6.45) is 14.2. The maximum Gasteiger partial charge on any atom is 0.241 e.